The first-order valence-electron chi connectivity index (χ1n) is 11.1. The number of aliphatic imine (C=N–C) groups is 1. The first-order chi connectivity index (χ1) is 15.0. The van der Waals surface area contributed by atoms with Crippen molar-refractivity contribution in [3.63, 3.8) is 0 Å². The summed E-state index contributed by atoms with van der Waals surface area (Å²) in [6.07, 6.45) is 7.47. The van der Waals surface area contributed by atoms with Crippen LogP contribution in [0.3, 0.4) is 0 Å². The van der Waals surface area contributed by atoms with Crippen LogP contribution in [0.15, 0.2) is 57.0 Å². The van der Waals surface area contributed by atoms with Gasteiger partial charge in [-0.2, -0.15) is 0 Å². The highest BCUT2D eigenvalue weighted by molar-refractivity contribution is 7.90. The second-order valence-electron chi connectivity index (χ2n) is 7.94. The van der Waals surface area contributed by atoms with Crippen LogP contribution in [0.1, 0.15) is 43.6 Å². The highest BCUT2D eigenvalue weighted by atomic mass is 32.2. The summed E-state index contributed by atoms with van der Waals surface area (Å²) < 4.78 is 28.9. The van der Waals surface area contributed by atoms with Crippen molar-refractivity contribution in [3.8, 4) is 0 Å². The predicted molar refractivity (Wildman–Crippen MR) is 124 cm³/mol. The summed E-state index contributed by atoms with van der Waals surface area (Å²) in [6, 6.07) is 11.2. The Bertz CT molecular complexity index is 918. The van der Waals surface area contributed by atoms with E-state index in [1.165, 1.54) is 25.5 Å². The zero-order chi connectivity index (χ0) is 22.1. The molecule has 1 aromatic carbocycles. The van der Waals surface area contributed by atoms with E-state index in [0.29, 0.717) is 18.0 Å². The molecule has 1 aliphatic rings. The minimum atomic E-state index is -3.16. The lowest BCUT2D eigenvalue weighted by molar-refractivity contribution is 0.150. The van der Waals surface area contributed by atoms with Crippen molar-refractivity contribution in [2.24, 2.45) is 4.99 Å². The predicted octanol–water partition coefficient (Wildman–Crippen LogP) is 3.01. The number of sulfone groups is 1. The van der Waals surface area contributed by atoms with Gasteiger partial charge in [0, 0.05) is 19.3 Å². The zero-order valence-corrected chi connectivity index (χ0v) is 19.3. The minimum absolute atomic E-state index is 0.147. The van der Waals surface area contributed by atoms with Gasteiger partial charge in [-0.1, -0.05) is 18.6 Å². The van der Waals surface area contributed by atoms with Crippen molar-refractivity contribution in [1.29, 1.82) is 0 Å². The maximum absolute atomic E-state index is 11.6. The number of likely N-dealkylation sites (tertiary alicyclic amines) is 1. The molecule has 8 heteroatoms. The van der Waals surface area contributed by atoms with Crippen LogP contribution in [0.25, 0.3) is 0 Å². The first kappa shape index (κ1) is 23.3. The van der Waals surface area contributed by atoms with E-state index in [1.54, 1.807) is 18.4 Å². The average molecular weight is 447 g/mol. The van der Waals surface area contributed by atoms with E-state index in [-0.39, 0.29) is 6.04 Å². The van der Waals surface area contributed by atoms with Gasteiger partial charge in [0.1, 0.15) is 5.76 Å². The highest BCUT2D eigenvalue weighted by Crippen LogP contribution is 2.25. The number of hydrogen-bond acceptors (Lipinski definition) is 5. The fourth-order valence-electron chi connectivity index (χ4n) is 3.84. The molecule has 1 aromatic heterocycles. The number of guanidine groups is 1. The molecular formula is C23H34N4O3S. The largest absolute Gasteiger partial charge is 0.468 e. The molecule has 0 aliphatic carbocycles. The van der Waals surface area contributed by atoms with E-state index < -0.39 is 9.84 Å². The molecule has 2 aromatic rings. The van der Waals surface area contributed by atoms with Gasteiger partial charge < -0.3 is 15.1 Å². The lowest BCUT2D eigenvalue weighted by Gasteiger charge is -2.32. The lowest BCUT2D eigenvalue weighted by Crippen LogP contribution is -2.40. The molecule has 1 atom stereocenters. The third-order valence-corrected chi connectivity index (χ3v) is 6.66. The first-order valence-corrected chi connectivity index (χ1v) is 12.9. The summed E-state index contributed by atoms with van der Waals surface area (Å²) in [5.74, 6) is 1.75. The van der Waals surface area contributed by atoms with E-state index in [1.807, 2.05) is 24.3 Å². The topological polar surface area (TPSA) is 86.9 Å². The Hall–Kier alpha value is -2.32. The van der Waals surface area contributed by atoms with Crippen molar-refractivity contribution in [2.45, 2.75) is 43.5 Å². The quantitative estimate of drug-likeness (QED) is 0.455. The smallest absolute Gasteiger partial charge is 0.191 e. The van der Waals surface area contributed by atoms with Crippen molar-refractivity contribution in [3.05, 3.63) is 54.0 Å². The van der Waals surface area contributed by atoms with Crippen LogP contribution in [0.2, 0.25) is 0 Å². The summed E-state index contributed by atoms with van der Waals surface area (Å²) in [4.78, 5) is 7.65. The van der Waals surface area contributed by atoms with Gasteiger partial charge in [-0.25, -0.2) is 8.42 Å². The summed E-state index contributed by atoms with van der Waals surface area (Å²) in [5.41, 5.74) is 1.08. The van der Waals surface area contributed by atoms with Crippen LogP contribution < -0.4 is 10.6 Å². The second kappa shape index (κ2) is 11.3. The van der Waals surface area contributed by atoms with E-state index in [0.717, 1.165) is 43.3 Å². The van der Waals surface area contributed by atoms with Gasteiger partial charge in [0.2, 0.25) is 0 Å². The molecule has 2 heterocycles. The second-order valence-corrected chi connectivity index (χ2v) is 9.96. The SMILES string of the molecule is CCNC(=NCC(c1ccco1)N1CCCCC1)NCCc1ccc(S(C)(=O)=O)cc1. The Balaban J connectivity index is 1.59. The third-order valence-electron chi connectivity index (χ3n) is 5.53. The molecule has 0 amide bonds. The minimum Gasteiger partial charge on any atom is -0.468 e. The van der Waals surface area contributed by atoms with Gasteiger partial charge in [0.05, 0.1) is 23.7 Å². The summed E-state index contributed by atoms with van der Waals surface area (Å²) in [6.45, 7) is 6.33. The zero-order valence-electron chi connectivity index (χ0n) is 18.5. The van der Waals surface area contributed by atoms with Gasteiger partial charge in [-0.15, -0.1) is 0 Å². The van der Waals surface area contributed by atoms with Crippen LogP contribution in [-0.2, 0) is 16.3 Å². The van der Waals surface area contributed by atoms with Crippen LogP contribution in [0.5, 0.6) is 0 Å². The van der Waals surface area contributed by atoms with E-state index >= 15 is 0 Å². The van der Waals surface area contributed by atoms with Crippen molar-refractivity contribution in [2.75, 3.05) is 39.0 Å². The number of piperidine rings is 1. The number of hydrogen-bond donors (Lipinski definition) is 2. The van der Waals surface area contributed by atoms with Crippen LogP contribution in [0, 0.1) is 0 Å². The van der Waals surface area contributed by atoms with Gasteiger partial charge in [-0.05, 0) is 69.1 Å². The average Bonchev–Trinajstić information content (AvgIpc) is 3.29. The summed E-state index contributed by atoms with van der Waals surface area (Å²) in [7, 11) is -3.16. The van der Waals surface area contributed by atoms with Gasteiger partial charge in [-0.3, -0.25) is 9.89 Å². The molecule has 0 saturated carbocycles. The maximum atomic E-state index is 11.6. The molecule has 7 nitrogen and oxygen atoms in total. The normalized spacial score (nSPS) is 16.8. The Morgan fingerprint density at radius 2 is 1.87 bits per heavy atom. The molecule has 3 rings (SSSR count). The Labute approximate surface area is 185 Å². The molecule has 1 unspecified atom stereocenters. The molecule has 1 saturated heterocycles. The molecule has 0 spiro atoms. The van der Waals surface area contributed by atoms with Gasteiger partial charge in [0.15, 0.2) is 15.8 Å². The Morgan fingerprint density at radius 3 is 2.48 bits per heavy atom. The Morgan fingerprint density at radius 1 is 1.13 bits per heavy atom. The number of rotatable bonds is 9. The van der Waals surface area contributed by atoms with E-state index in [2.05, 4.69) is 22.5 Å². The van der Waals surface area contributed by atoms with Crippen molar-refractivity contribution in [1.82, 2.24) is 15.5 Å². The molecule has 0 radical (unpaired) electrons. The van der Waals surface area contributed by atoms with Crippen LogP contribution >= 0.6 is 0 Å². The van der Waals surface area contributed by atoms with E-state index in [9.17, 15) is 8.42 Å². The molecule has 0 bridgehead atoms. The molecule has 31 heavy (non-hydrogen) atoms. The number of nitrogens with one attached hydrogen (secondary N) is 2. The van der Waals surface area contributed by atoms with Crippen LogP contribution in [0.4, 0.5) is 0 Å². The maximum Gasteiger partial charge on any atom is 0.191 e. The molecule has 1 aliphatic heterocycles. The molecular weight excluding hydrogens is 412 g/mol. The Kier molecular flexibility index (Phi) is 8.54. The highest BCUT2D eigenvalue weighted by Gasteiger charge is 2.24. The standard InChI is InChI=1S/C23H34N4O3S/c1-3-24-23(25-14-13-19-9-11-20(12-10-19)31(2,28)29)26-18-21(22-8-7-17-30-22)27-15-5-4-6-16-27/h7-12,17,21H,3-6,13-16,18H2,1-2H3,(H2,24,25,26). The van der Waals surface area contributed by atoms with Crippen molar-refractivity contribution >= 4 is 15.8 Å². The molecule has 170 valence electrons. The number of nitrogens with zero attached hydrogens (tertiary/aromatic N) is 2. The van der Waals surface area contributed by atoms with Crippen molar-refractivity contribution < 1.29 is 12.8 Å². The number of benzene rings is 1. The monoisotopic (exact) mass is 446 g/mol. The molecule has 1 fully saturated rings. The fourth-order valence-corrected chi connectivity index (χ4v) is 4.47. The number of furan rings is 1. The van der Waals surface area contributed by atoms with E-state index in [4.69, 9.17) is 9.41 Å². The molecule has 2 N–H and O–H groups in total. The fraction of sp³-hybridized carbons (Fsp3) is 0.522. The lowest BCUT2D eigenvalue weighted by atomic mass is 10.1. The van der Waals surface area contributed by atoms with Crippen LogP contribution in [-0.4, -0.2) is 58.3 Å². The summed E-state index contributed by atoms with van der Waals surface area (Å²) in [5, 5.41) is 6.70. The van der Waals surface area contributed by atoms with Gasteiger partial charge in [0.25, 0.3) is 0 Å². The summed E-state index contributed by atoms with van der Waals surface area (Å²) >= 11 is 0. The third kappa shape index (κ3) is 7.11. The van der Waals surface area contributed by atoms with Gasteiger partial charge >= 0.3 is 0 Å².